The quantitative estimate of drug-likeness (QED) is 0.488. The van der Waals surface area contributed by atoms with Crippen molar-refractivity contribution in [2.45, 2.75) is 12.8 Å². The van der Waals surface area contributed by atoms with Crippen LogP contribution in [0.3, 0.4) is 0 Å². The Morgan fingerprint density at radius 1 is 1.47 bits per heavy atom. The van der Waals surface area contributed by atoms with Crippen molar-refractivity contribution in [2.24, 2.45) is 0 Å². The van der Waals surface area contributed by atoms with Gasteiger partial charge in [-0.15, -0.1) is 0 Å². The number of carbonyl (C=O) groups excluding carboxylic acids is 1. The summed E-state index contributed by atoms with van der Waals surface area (Å²) in [6, 6.07) is 2.34. The monoisotopic (exact) mass is 283 g/mol. The number of benzene rings is 1. The molecular weight excluding hydrogens is 272 g/mol. The number of esters is 1. The maximum atomic E-state index is 11.4. The molecule has 0 amide bonds. The summed E-state index contributed by atoms with van der Waals surface area (Å²) in [6.07, 6.45) is 1.64. The number of hydrogen-bond donors (Lipinski definition) is 1. The van der Waals surface area contributed by atoms with Crippen LogP contribution in [0.15, 0.2) is 24.8 Å². The Morgan fingerprint density at radius 3 is 2.74 bits per heavy atom. The van der Waals surface area contributed by atoms with E-state index in [0.717, 1.165) is 12.1 Å². The SMILES string of the molecule is C=CC(=O)OCCCc1c(C(=O)O)ccc([O-])c1Cl. The normalized spacial score (nSPS) is 9.95. The highest BCUT2D eigenvalue weighted by molar-refractivity contribution is 6.33. The van der Waals surface area contributed by atoms with Crippen LogP contribution in [0.1, 0.15) is 22.3 Å². The van der Waals surface area contributed by atoms with Gasteiger partial charge in [0.15, 0.2) is 0 Å². The first-order valence-corrected chi connectivity index (χ1v) is 5.86. The molecule has 0 atom stereocenters. The molecule has 19 heavy (non-hydrogen) atoms. The molecule has 0 radical (unpaired) electrons. The molecule has 1 rings (SSSR count). The first-order valence-electron chi connectivity index (χ1n) is 5.48. The van der Waals surface area contributed by atoms with Crippen LogP contribution in [0.5, 0.6) is 5.75 Å². The standard InChI is InChI=1S/C13H13ClO5/c1-2-11(16)19-7-3-4-8-9(13(17)18)5-6-10(15)12(8)14/h2,5-6,15H,1,3-4,7H2,(H,17,18)/p-1. The van der Waals surface area contributed by atoms with Crippen LogP contribution in [0.2, 0.25) is 5.02 Å². The molecule has 0 aliphatic carbocycles. The minimum absolute atomic E-state index is 0.0142. The van der Waals surface area contributed by atoms with Gasteiger partial charge in [0.1, 0.15) is 0 Å². The minimum Gasteiger partial charge on any atom is -0.871 e. The molecule has 6 heteroatoms. The number of hydrogen-bond acceptors (Lipinski definition) is 4. The van der Waals surface area contributed by atoms with E-state index < -0.39 is 17.7 Å². The first-order chi connectivity index (χ1) is 8.97. The van der Waals surface area contributed by atoms with Crippen LogP contribution in [0, 0.1) is 0 Å². The van der Waals surface area contributed by atoms with E-state index in [1.807, 2.05) is 0 Å². The number of halogens is 1. The van der Waals surface area contributed by atoms with Crippen molar-refractivity contribution in [1.29, 1.82) is 0 Å². The van der Waals surface area contributed by atoms with Gasteiger partial charge in [0.25, 0.3) is 0 Å². The predicted octanol–water partition coefficient (Wildman–Crippen LogP) is 1.77. The third kappa shape index (κ3) is 3.99. The van der Waals surface area contributed by atoms with Crippen LogP contribution >= 0.6 is 11.6 Å². The Hall–Kier alpha value is -2.01. The largest absolute Gasteiger partial charge is 0.871 e. The molecule has 1 aromatic rings. The van der Waals surface area contributed by atoms with Gasteiger partial charge in [-0.25, -0.2) is 9.59 Å². The van der Waals surface area contributed by atoms with Gasteiger partial charge < -0.3 is 14.9 Å². The van der Waals surface area contributed by atoms with E-state index >= 15 is 0 Å². The van der Waals surface area contributed by atoms with Crippen molar-refractivity contribution in [3.8, 4) is 5.75 Å². The lowest BCUT2D eigenvalue weighted by atomic mass is 10.0. The molecule has 0 spiro atoms. The van der Waals surface area contributed by atoms with Crippen LogP contribution in [-0.4, -0.2) is 23.7 Å². The summed E-state index contributed by atoms with van der Waals surface area (Å²) in [4.78, 5) is 21.8. The topological polar surface area (TPSA) is 86.7 Å². The molecule has 1 N–H and O–H groups in total. The van der Waals surface area contributed by atoms with E-state index in [1.54, 1.807) is 0 Å². The first kappa shape index (κ1) is 15.0. The fourth-order valence-electron chi connectivity index (χ4n) is 1.53. The lowest BCUT2D eigenvalue weighted by molar-refractivity contribution is -0.268. The second-order valence-electron chi connectivity index (χ2n) is 3.68. The van der Waals surface area contributed by atoms with Crippen molar-refractivity contribution >= 4 is 23.5 Å². The number of carbonyl (C=O) groups is 2. The minimum atomic E-state index is -1.15. The Labute approximate surface area is 115 Å². The third-order valence-electron chi connectivity index (χ3n) is 2.42. The van der Waals surface area contributed by atoms with Gasteiger partial charge in [-0.05, 0) is 24.5 Å². The van der Waals surface area contributed by atoms with Gasteiger partial charge in [0, 0.05) is 11.1 Å². The molecule has 102 valence electrons. The summed E-state index contributed by atoms with van der Waals surface area (Å²) in [6.45, 7) is 3.35. The molecule has 1 aromatic carbocycles. The van der Waals surface area contributed by atoms with Crippen LogP contribution in [-0.2, 0) is 16.0 Å². The number of rotatable bonds is 6. The summed E-state index contributed by atoms with van der Waals surface area (Å²) in [5.41, 5.74) is 0.246. The Morgan fingerprint density at radius 2 is 2.16 bits per heavy atom. The molecule has 5 nitrogen and oxygen atoms in total. The van der Waals surface area contributed by atoms with Crippen LogP contribution < -0.4 is 5.11 Å². The fourth-order valence-corrected chi connectivity index (χ4v) is 1.78. The van der Waals surface area contributed by atoms with Gasteiger partial charge in [0.2, 0.25) is 0 Å². The summed E-state index contributed by atoms with van der Waals surface area (Å²) >= 11 is 5.81. The van der Waals surface area contributed by atoms with Crippen molar-refractivity contribution in [3.05, 3.63) is 40.9 Å². The van der Waals surface area contributed by atoms with Gasteiger partial charge in [-0.2, -0.15) is 0 Å². The molecule has 0 fully saturated rings. The molecule has 0 aliphatic heterocycles. The predicted molar refractivity (Wildman–Crippen MR) is 67.3 cm³/mol. The maximum absolute atomic E-state index is 11.4. The highest BCUT2D eigenvalue weighted by Gasteiger charge is 2.13. The highest BCUT2D eigenvalue weighted by atomic mass is 35.5. The summed E-state index contributed by atoms with van der Waals surface area (Å²) < 4.78 is 4.76. The van der Waals surface area contributed by atoms with E-state index in [9.17, 15) is 14.7 Å². The van der Waals surface area contributed by atoms with Gasteiger partial charge in [-0.1, -0.05) is 30.0 Å². The number of aromatic carboxylic acids is 1. The second-order valence-corrected chi connectivity index (χ2v) is 4.06. The average molecular weight is 284 g/mol. The van der Waals surface area contributed by atoms with E-state index in [0.29, 0.717) is 6.42 Å². The molecular formula is C13H12ClO5-. The number of ether oxygens (including phenoxy) is 1. The Bertz CT molecular complexity index is 510. The van der Waals surface area contributed by atoms with E-state index in [1.165, 1.54) is 6.07 Å². The zero-order valence-electron chi connectivity index (χ0n) is 10.0. The number of carboxylic acids is 1. The highest BCUT2D eigenvalue weighted by Crippen LogP contribution is 2.29. The van der Waals surface area contributed by atoms with Crippen molar-refractivity contribution < 1.29 is 24.5 Å². The van der Waals surface area contributed by atoms with Crippen molar-refractivity contribution in [1.82, 2.24) is 0 Å². The Kier molecular flexibility index (Phi) is 5.38. The Balaban J connectivity index is 2.76. The molecule has 0 aromatic heterocycles. The molecule has 0 bridgehead atoms. The van der Waals surface area contributed by atoms with E-state index in [-0.39, 0.29) is 29.2 Å². The smallest absolute Gasteiger partial charge is 0.336 e. The average Bonchev–Trinajstić information content (AvgIpc) is 2.38. The molecule has 0 heterocycles. The lowest BCUT2D eigenvalue weighted by Gasteiger charge is -2.15. The van der Waals surface area contributed by atoms with Gasteiger partial charge in [-0.3, -0.25) is 0 Å². The summed E-state index contributed by atoms with van der Waals surface area (Å²) in [5.74, 6) is -2.13. The maximum Gasteiger partial charge on any atom is 0.336 e. The summed E-state index contributed by atoms with van der Waals surface area (Å²) in [7, 11) is 0. The fraction of sp³-hybridized carbons (Fsp3) is 0.231. The molecule has 0 aliphatic rings. The zero-order chi connectivity index (χ0) is 14.4. The van der Waals surface area contributed by atoms with Crippen LogP contribution in [0.4, 0.5) is 0 Å². The lowest BCUT2D eigenvalue weighted by Crippen LogP contribution is -2.08. The second kappa shape index (κ2) is 6.80. The van der Waals surface area contributed by atoms with E-state index in [4.69, 9.17) is 21.4 Å². The van der Waals surface area contributed by atoms with Crippen LogP contribution in [0.25, 0.3) is 0 Å². The van der Waals surface area contributed by atoms with Crippen molar-refractivity contribution in [3.63, 3.8) is 0 Å². The molecule has 0 unspecified atom stereocenters. The van der Waals surface area contributed by atoms with E-state index in [2.05, 4.69) is 6.58 Å². The molecule has 0 saturated heterocycles. The van der Waals surface area contributed by atoms with Gasteiger partial charge in [0.05, 0.1) is 12.2 Å². The van der Waals surface area contributed by atoms with Crippen molar-refractivity contribution in [2.75, 3.05) is 6.61 Å². The third-order valence-corrected chi connectivity index (χ3v) is 2.83. The summed E-state index contributed by atoms with van der Waals surface area (Å²) in [5, 5.41) is 20.3. The zero-order valence-corrected chi connectivity index (χ0v) is 10.8. The van der Waals surface area contributed by atoms with Gasteiger partial charge >= 0.3 is 11.9 Å². The molecule has 0 saturated carbocycles. The number of carboxylic acid groups (broad SMARTS) is 1.